The molecular weight excluding hydrogens is 234 g/mol. The molecule has 0 aliphatic rings. The van der Waals surface area contributed by atoms with Crippen molar-refractivity contribution in [2.45, 2.75) is 58.4 Å². The molecule has 0 atom stereocenters. The van der Waals surface area contributed by atoms with Gasteiger partial charge in [0, 0.05) is 6.54 Å². The maximum atomic E-state index is 9.90. The molecule has 0 amide bonds. The fourth-order valence-corrected chi connectivity index (χ4v) is 2.40. The summed E-state index contributed by atoms with van der Waals surface area (Å²) in [7, 11) is 4.14. The number of phenolic OH excluding ortho intramolecular Hbond substituents is 1. The molecule has 108 valence electrons. The molecule has 1 aromatic carbocycles. The number of benzene rings is 1. The predicted molar refractivity (Wildman–Crippen MR) is 82.6 cm³/mol. The van der Waals surface area contributed by atoms with Crippen LogP contribution in [-0.4, -0.2) is 24.1 Å². The minimum absolute atomic E-state index is 0.455. The van der Waals surface area contributed by atoms with Crippen molar-refractivity contribution in [3.63, 3.8) is 0 Å². The Morgan fingerprint density at radius 2 is 1.68 bits per heavy atom. The van der Waals surface area contributed by atoms with Gasteiger partial charge in [0.15, 0.2) is 0 Å². The normalized spacial score (nSPS) is 11.2. The zero-order valence-corrected chi connectivity index (χ0v) is 12.8. The first-order chi connectivity index (χ1) is 9.13. The Kier molecular flexibility index (Phi) is 7.57. The van der Waals surface area contributed by atoms with E-state index in [1.165, 1.54) is 44.1 Å². The topological polar surface area (TPSA) is 23.5 Å². The number of hydrogen-bond acceptors (Lipinski definition) is 2. The highest BCUT2D eigenvalue weighted by Crippen LogP contribution is 2.21. The van der Waals surface area contributed by atoms with Gasteiger partial charge in [-0.3, -0.25) is 0 Å². The van der Waals surface area contributed by atoms with Crippen LogP contribution in [0.2, 0.25) is 0 Å². The lowest BCUT2D eigenvalue weighted by Crippen LogP contribution is -2.10. The van der Waals surface area contributed by atoms with E-state index in [9.17, 15) is 5.11 Å². The summed E-state index contributed by atoms with van der Waals surface area (Å²) < 4.78 is 0. The van der Waals surface area contributed by atoms with Crippen LogP contribution in [0.3, 0.4) is 0 Å². The van der Waals surface area contributed by atoms with Crippen LogP contribution in [0.25, 0.3) is 0 Å². The van der Waals surface area contributed by atoms with Crippen LogP contribution in [0.1, 0.15) is 56.6 Å². The molecule has 2 nitrogen and oxygen atoms in total. The number of aromatic hydroxyl groups is 1. The van der Waals surface area contributed by atoms with E-state index in [1.807, 2.05) is 12.1 Å². The summed E-state index contributed by atoms with van der Waals surface area (Å²) in [5.41, 5.74) is 2.39. The summed E-state index contributed by atoms with van der Waals surface area (Å²) in [6, 6.07) is 6.01. The number of rotatable bonds is 9. The molecule has 0 radical (unpaired) electrons. The highest BCUT2D eigenvalue weighted by molar-refractivity contribution is 5.36. The molecule has 0 bridgehead atoms. The van der Waals surface area contributed by atoms with Gasteiger partial charge >= 0.3 is 0 Å². The SMILES string of the molecule is CCCCCCCCc1cc(CN(C)C)ccc1O. The quantitative estimate of drug-likeness (QED) is 0.669. The van der Waals surface area contributed by atoms with E-state index < -0.39 is 0 Å². The predicted octanol–water partition coefficient (Wildman–Crippen LogP) is 4.36. The fraction of sp³-hybridized carbons (Fsp3) is 0.647. The zero-order valence-electron chi connectivity index (χ0n) is 12.8. The highest BCUT2D eigenvalue weighted by atomic mass is 16.3. The molecule has 0 unspecified atom stereocenters. The maximum Gasteiger partial charge on any atom is 0.118 e. The fourth-order valence-electron chi connectivity index (χ4n) is 2.40. The Balaban J connectivity index is 2.39. The van der Waals surface area contributed by atoms with Gasteiger partial charge in [0.1, 0.15) is 5.75 Å². The van der Waals surface area contributed by atoms with Crippen LogP contribution >= 0.6 is 0 Å². The van der Waals surface area contributed by atoms with E-state index in [2.05, 4.69) is 32.0 Å². The van der Waals surface area contributed by atoms with Crippen LogP contribution in [-0.2, 0) is 13.0 Å². The summed E-state index contributed by atoms with van der Waals surface area (Å²) in [5, 5.41) is 9.90. The van der Waals surface area contributed by atoms with Crippen molar-refractivity contribution in [3.05, 3.63) is 29.3 Å². The lowest BCUT2D eigenvalue weighted by atomic mass is 10.0. The smallest absolute Gasteiger partial charge is 0.118 e. The van der Waals surface area contributed by atoms with Crippen LogP contribution < -0.4 is 0 Å². The Morgan fingerprint density at radius 3 is 2.37 bits per heavy atom. The molecule has 1 aromatic rings. The van der Waals surface area contributed by atoms with Gasteiger partial charge < -0.3 is 10.0 Å². The van der Waals surface area contributed by atoms with E-state index in [0.29, 0.717) is 5.75 Å². The summed E-state index contributed by atoms with van der Waals surface area (Å²) in [6.45, 7) is 3.18. The third kappa shape index (κ3) is 6.63. The van der Waals surface area contributed by atoms with Gasteiger partial charge in [-0.2, -0.15) is 0 Å². The zero-order chi connectivity index (χ0) is 14.1. The Hall–Kier alpha value is -1.02. The lowest BCUT2D eigenvalue weighted by Gasteiger charge is -2.12. The van der Waals surface area contributed by atoms with E-state index in [4.69, 9.17) is 0 Å². The second-order valence-corrected chi connectivity index (χ2v) is 5.72. The summed E-state index contributed by atoms with van der Waals surface area (Å²) in [6.07, 6.45) is 8.78. The Bertz CT molecular complexity index is 360. The van der Waals surface area contributed by atoms with Crippen molar-refractivity contribution in [1.29, 1.82) is 0 Å². The van der Waals surface area contributed by atoms with Crippen LogP contribution in [0.15, 0.2) is 18.2 Å². The van der Waals surface area contributed by atoms with E-state index in [1.54, 1.807) is 0 Å². The minimum Gasteiger partial charge on any atom is -0.508 e. The summed E-state index contributed by atoms with van der Waals surface area (Å²) in [4.78, 5) is 2.15. The average molecular weight is 263 g/mol. The third-order valence-electron chi connectivity index (χ3n) is 3.44. The monoisotopic (exact) mass is 263 g/mol. The molecule has 0 saturated heterocycles. The Labute approximate surface area is 118 Å². The second-order valence-electron chi connectivity index (χ2n) is 5.72. The van der Waals surface area contributed by atoms with E-state index >= 15 is 0 Å². The first kappa shape index (κ1) is 16.0. The minimum atomic E-state index is 0.455. The van der Waals surface area contributed by atoms with Gasteiger partial charge in [-0.15, -0.1) is 0 Å². The van der Waals surface area contributed by atoms with Crippen molar-refractivity contribution >= 4 is 0 Å². The number of hydrogen-bond donors (Lipinski definition) is 1. The lowest BCUT2D eigenvalue weighted by molar-refractivity contribution is 0.401. The molecule has 19 heavy (non-hydrogen) atoms. The molecule has 0 fully saturated rings. The van der Waals surface area contributed by atoms with Crippen LogP contribution in [0.4, 0.5) is 0 Å². The highest BCUT2D eigenvalue weighted by Gasteiger charge is 2.04. The Morgan fingerprint density at radius 1 is 1.00 bits per heavy atom. The molecule has 2 heteroatoms. The average Bonchev–Trinajstić information content (AvgIpc) is 2.36. The summed E-state index contributed by atoms with van der Waals surface area (Å²) >= 11 is 0. The molecule has 0 aromatic heterocycles. The van der Waals surface area contributed by atoms with Crippen LogP contribution in [0, 0.1) is 0 Å². The molecule has 0 heterocycles. The first-order valence-corrected chi connectivity index (χ1v) is 7.59. The van der Waals surface area contributed by atoms with Crippen molar-refractivity contribution < 1.29 is 5.11 Å². The second kappa shape index (κ2) is 8.98. The number of aryl methyl sites for hydroxylation is 1. The first-order valence-electron chi connectivity index (χ1n) is 7.59. The molecule has 1 N–H and O–H groups in total. The number of phenols is 1. The van der Waals surface area contributed by atoms with Gasteiger partial charge in [-0.1, -0.05) is 51.2 Å². The standard InChI is InChI=1S/C17H29NO/c1-4-5-6-7-8-9-10-16-13-15(14-18(2)3)11-12-17(16)19/h11-13,19H,4-10,14H2,1-3H3. The molecule has 0 aliphatic heterocycles. The van der Waals surface area contributed by atoms with E-state index in [0.717, 1.165) is 18.5 Å². The number of nitrogens with zero attached hydrogens (tertiary/aromatic N) is 1. The third-order valence-corrected chi connectivity index (χ3v) is 3.44. The van der Waals surface area contributed by atoms with Gasteiger partial charge in [0.25, 0.3) is 0 Å². The van der Waals surface area contributed by atoms with Crippen molar-refractivity contribution in [3.8, 4) is 5.75 Å². The number of unbranched alkanes of at least 4 members (excludes halogenated alkanes) is 5. The van der Waals surface area contributed by atoms with E-state index in [-0.39, 0.29) is 0 Å². The van der Waals surface area contributed by atoms with Crippen molar-refractivity contribution in [1.82, 2.24) is 4.90 Å². The van der Waals surface area contributed by atoms with Gasteiger partial charge in [-0.25, -0.2) is 0 Å². The molecule has 0 aliphatic carbocycles. The van der Waals surface area contributed by atoms with Crippen molar-refractivity contribution in [2.24, 2.45) is 0 Å². The molecule has 1 rings (SSSR count). The summed E-state index contributed by atoms with van der Waals surface area (Å²) in [5.74, 6) is 0.455. The molecule has 0 saturated carbocycles. The van der Waals surface area contributed by atoms with Crippen molar-refractivity contribution in [2.75, 3.05) is 14.1 Å². The largest absolute Gasteiger partial charge is 0.508 e. The van der Waals surface area contributed by atoms with Crippen LogP contribution in [0.5, 0.6) is 5.75 Å². The van der Waals surface area contributed by atoms with Gasteiger partial charge in [0.05, 0.1) is 0 Å². The van der Waals surface area contributed by atoms with Gasteiger partial charge in [0.2, 0.25) is 0 Å². The molecular formula is C17H29NO. The maximum absolute atomic E-state index is 9.90. The van der Waals surface area contributed by atoms with Gasteiger partial charge in [-0.05, 0) is 44.1 Å². The molecule has 0 spiro atoms.